The zero-order valence-corrected chi connectivity index (χ0v) is 18.5. The number of carbonyl (C=O) groups is 1. The number of piperidine rings is 2. The van der Waals surface area contributed by atoms with Crippen LogP contribution in [0.4, 0.5) is 15.9 Å². The molecule has 2 N–H and O–H groups in total. The standard InChI is InChI=1S/C23H26ClFN6O/c24-16-10-17(25)12-18(11-16)27-13-20(32)31-9-2-1-5-23(31)6-3-8-30(14-23)22-19-4-7-26-21(19)28-15-29-22/h4,7,10-12,15,27H,1-3,5-6,8-9,13-14H2,(H,26,28,29). The lowest BCUT2D eigenvalue weighted by Gasteiger charge is -2.52. The van der Waals surface area contributed by atoms with Gasteiger partial charge >= 0.3 is 0 Å². The minimum absolute atomic E-state index is 0.0291. The predicted octanol–water partition coefficient (Wildman–Crippen LogP) is 4.21. The summed E-state index contributed by atoms with van der Waals surface area (Å²) in [7, 11) is 0. The average molecular weight is 457 g/mol. The summed E-state index contributed by atoms with van der Waals surface area (Å²) in [6.07, 6.45) is 8.51. The van der Waals surface area contributed by atoms with E-state index >= 15 is 0 Å². The van der Waals surface area contributed by atoms with Gasteiger partial charge in [0.25, 0.3) is 0 Å². The molecular weight excluding hydrogens is 431 g/mol. The lowest BCUT2D eigenvalue weighted by atomic mass is 9.79. The number of carbonyl (C=O) groups excluding carboxylic acids is 1. The largest absolute Gasteiger partial charge is 0.376 e. The Morgan fingerprint density at radius 2 is 2.06 bits per heavy atom. The molecule has 0 saturated carbocycles. The van der Waals surface area contributed by atoms with Crippen LogP contribution in [0.15, 0.2) is 36.8 Å². The Bertz CT molecular complexity index is 1110. The highest BCUT2D eigenvalue weighted by Gasteiger charge is 2.44. The van der Waals surface area contributed by atoms with Crippen molar-refractivity contribution in [1.82, 2.24) is 19.9 Å². The number of amides is 1. The van der Waals surface area contributed by atoms with Crippen LogP contribution in [0.2, 0.25) is 5.02 Å². The quantitative estimate of drug-likeness (QED) is 0.614. The van der Waals surface area contributed by atoms with Gasteiger partial charge in [0.1, 0.15) is 23.6 Å². The SMILES string of the molecule is O=C(CNc1cc(F)cc(Cl)c1)N1CCCCC12CCCN(c1ncnc3[nH]ccc13)C2. The minimum atomic E-state index is -0.425. The number of anilines is 2. The summed E-state index contributed by atoms with van der Waals surface area (Å²) in [4.78, 5) is 29.7. The normalized spacial score (nSPS) is 21.3. The number of aromatic amines is 1. The number of H-pyrrole nitrogens is 1. The topological polar surface area (TPSA) is 77.2 Å². The molecule has 168 valence electrons. The van der Waals surface area contributed by atoms with Gasteiger partial charge in [-0.2, -0.15) is 0 Å². The molecule has 2 aliphatic heterocycles. The van der Waals surface area contributed by atoms with Gasteiger partial charge in [-0.25, -0.2) is 14.4 Å². The van der Waals surface area contributed by atoms with Crippen LogP contribution in [0.1, 0.15) is 32.1 Å². The fraction of sp³-hybridized carbons (Fsp3) is 0.435. The number of likely N-dealkylation sites (tertiary alicyclic amines) is 1. The third-order valence-electron chi connectivity index (χ3n) is 6.64. The molecule has 1 amide bonds. The molecule has 2 fully saturated rings. The van der Waals surface area contributed by atoms with Crippen molar-refractivity contribution in [2.75, 3.05) is 36.4 Å². The summed E-state index contributed by atoms with van der Waals surface area (Å²) >= 11 is 5.94. The molecule has 9 heteroatoms. The maximum atomic E-state index is 13.6. The van der Waals surface area contributed by atoms with Crippen LogP contribution < -0.4 is 10.2 Å². The van der Waals surface area contributed by atoms with Gasteiger partial charge in [0.15, 0.2) is 0 Å². The zero-order valence-electron chi connectivity index (χ0n) is 17.8. The van der Waals surface area contributed by atoms with Crippen molar-refractivity contribution >= 4 is 40.0 Å². The van der Waals surface area contributed by atoms with Crippen LogP contribution in [0.25, 0.3) is 11.0 Å². The molecule has 0 aliphatic carbocycles. The van der Waals surface area contributed by atoms with Crippen molar-refractivity contribution in [3.8, 4) is 0 Å². The highest BCUT2D eigenvalue weighted by Crippen LogP contribution is 2.38. The van der Waals surface area contributed by atoms with Crippen molar-refractivity contribution in [3.63, 3.8) is 0 Å². The van der Waals surface area contributed by atoms with E-state index in [0.717, 1.165) is 68.6 Å². The second-order valence-corrected chi connectivity index (χ2v) is 9.14. The lowest BCUT2D eigenvalue weighted by Crippen LogP contribution is -2.63. The number of aromatic nitrogens is 3. The summed E-state index contributed by atoms with van der Waals surface area (Å²) in [6, 6.07) is 6.23. The van der Waals surface area contributed by atoms with E-state index in [-0.39, 0.29) is 18.0 Å². The molecule has 0 radical (unpaired) electrons. The van der Waals surface area contributed by atoms with E-state index in [0.29, 0.717) is 10.7 Å². The Labute approximate surface area is 191 Å². The van der Waals surface area contributed by atoms with Crippen molar-refractivity contribution in [3.05, 3.63) is 47.6 Å². The number of fused-ring (bicyclic) bond motifs is 1. The molecule has 2 saturated heterocycles. The van der Waals surface area contributed by atoms with Crippen LogP contribution in [0.3, 0.4) is 0 Å². The molecule has 0 bridgehead atoms. The van der Waals surface area contributed by atoms with Gasteiger partial charge in [0, 0.05) is 36.5 Å². The number of hydrogen-bond donors (Lipinski definition) is 2. The van der Waals surface area contributed by atoms with E-state index in [2.05, 4.69) is 25.2 Å². The number of rotatable bonds is 4. The zero-order chi connectivity index (χ0) is 22.1. The summed E-state index contributed by atoms with van der Waals surface area (Å²) in [5, 5.41) is 4.36. The third kappa shape index (κ3) is 3.99. The maximum Gasteiger partial charge on any atom is 0.242 e. The molecule has 1 atom stereocenters. The molecule has 5 rings (SSSR count). The van der Waals surface area contributed by atoms with Gasteiger partial charge in [0.05, 0.1) is 17.5 Å². The maximum absolute atomic E-state index is 13.6. The smallest absolute Gasteiger partial charge is 0.242 e. The van der Waals surface area contributed by atoms with Crippen molar-refractivity contribution in [2.45, 2.75) is 37.6 Å². The molecule has 2 aromatic heterocycles. The number of halogens is 2. The average Bonchev–Trinajstić information content (AvgIpc) is 3.26. The molecule has 7 nitrogen and oxygen atoms in total. The molecule has 1 unspecified atom stereocenters. The first-order valence-electron chi connectivity index (χ1n) is 11.1. The van der Waals surface area contributed by atoms with Gasteiger partial charge in [0.2, 0.25) is 5.91 Å². The first kappa shape index (κ1) is 21.0. The second kappa shape index (κ2) is 8.58. The lowest BCUT2D eigenvalue weighted by molar-refractivity contribution is -0.138. The van der Waals surface area contributed by atoms with Crippen LogP contribution in [-0.2, 0) is 4.79 Å². The Morgan fingerprint density at radius 3 is 2.94 bits per heavy atom. The number of hydrogen-bond acceptors (Lipinski definition) is 5. The van der Waals surface area contributed by atoms with E-state index in [4.69, 9.17) is 11.6 Å². The van der Waals surface area contributed by atoms with Gasteiger partial charge < -0.3 is 20.1 Å². The Kier molecular flexibility index (Phi) is 5.63. The first-order valence-corrected chi connectivity index (χ1v) is 11.5. The van der Waals surface area contributed by atoms with Gasteiger partial charge in [-0.3, -0.25) is 4.79 Å². The Hall–Kier alpha value is -2.87. The molecule has 4 heterocycles. The third-order valence-corrected chi connectivity index (χ3v) is 6.86. The van der Waals surface area contributed by atoms with Crippen LogP contribution in [0, 0.1) is 5.82 Å². The number of nitrogens with zero attached hydrogens (tertiary/aromatic N) is 4. The summed E-state index contributed by atoms with van der Waals surface area (Å²) in [5.74, 6) is 0.521. The van der Waals surface area contributed by atoms with E-state index in [1.165, 1.54) is 12.1 Å². The monoisotopic (exact) mass is 456 g/mol. The molecule has 32 heavy (non-hydrogen) atoms. The Balaban J connectivity index is 1.35. The summed E-state index contributed by atoms with van der Waals surface area (Å²) in [5.41, 5.74) is 1.11. The van der Waals surface area contributed by atoms with Crippen molar-refractivity contribution in [1.29, 1.82) is 0 Å². The summed E-state index contributed by atoms with van der Waals surface area (Å²) < 4.78 is 13.6. The number of nitrogens with one attached hydrogen (secondary N) is 2. The van der Waals surface area contributed by atoms with Crippen LogP contribution in [0.5, 0.6) is 0 Å². The number of benzene rings is 1. The van der Waals surface area contributed by atoms with E-state index < -0.39 is 5.82 Å². The molecular formula is C23H26ClFN6O. The van der Waals surface area contributed by atoms with E-state index in [1.807, 2.05) is 17.2 Å². The highest BCUT2D eigenvalue weighted by atomic mass is 35.5. The molecule has 1 spiro atoms. The first-order chi connectivity index (χ1) is 15.5. The second-order valence-electron chi connectivity index (χ2n) is 8.70. The fourth-order valence-corrected chi connectivity index (χ4v) is 5.46. The van der Waals surface area contributed by atoms with Crippen LogP contribution >= 0.6 is 11.6 Å². The predicted molar refractivity (Wildman–Crippen MR) is 124 cm³/mol. The summed E-state index contributed by atoms with van der Waals surface area (Å²) in [6.45, 7) is 2.50. The van der Waals surface area contributed by atoms with Crippen LogP contribution in [-0.4, -0.2) is 57.5 Å². The highest BCUT2D eigenvalue weighted by molar-refractivity contribution is 6.30. The fourth-order valence-electron chi connectivity index (χ4n) is 5.24. The van der Waals surface area contributed by atoms with Gasteiger partial charge in [-0.05, 0) is 56.4 Å². The van der Waals surface area contributed by atoms with E-state index in [9.17, 15) is 9.18 Å². The van der Waals surface area contributed by atoms with Gasteiger partial charge in [-0.15, -0.1) is 0 Å². The Morgan fingerprint density at radius 1 is 1.19 bits per heavy atom. The van der Waals surface area contributed by atoms with Crippen molar-refractivity contribution < 1.29 is 9.18 Å². The molecule has 1 aromatic carbocycles. The van der Waals surface area contributed by atoms with E-state index in [1.54, 1.807) is 12.4 Å². The molecule has 3 aromatic rings. The van der Waals surface area contributed by atoms with Crippen molar-refractivity contribution in [2.24, 2.45) is 0 Å². The van der Waals surface area contributed by atoms with Gasteiger partial charge in [-0.1, -0.05) is 11.6 Å². The minimum Gasteiger partial charge on any atom is -0.376 e. The molecule has 2 aliphatic rings.